The predicted molar refractivity (Wildman–Crippen MR) is 144 cm³/mol. The molecule has 0 unspecified atom stereocenters. The van der Waals surface area contributed by atoms with Crippen LogP contribution in [0.1, 0.15) is 41.3 Å². The third kappa shape index (κ3) is 6.04. The molecule has 0 aromatic heterocycles. The first-order valence-electron chi connectivity index (χ1n) is 12.1. The second-order valence-corrected chi connectivity index (χ2v) is 11.3. The van der Waals surface area contributed by atoms with Gasteiger partial charge < -0.3 is 10.1 Å². The second kappa shape index (κ2) is 11.5. The number of aryl methyl sites for hydroxylation is 1. The van der Waals surface area contributed by atoms with Crippen molar-refractivity contribution >= 4 is 39.0 Å². The average Bonchev–Trinajstić information content (AvgIpc) is 2.91. The van der Waals surface area contributed by atoms with Crippen LogP contribution in [0.4, 0.5) is 5.69 Å². The van der Waals surface area contributed by atoms with Crippen molar-refractivity contribution in [2.45, 2.75) is 31.6 Å². The lowest BCUT2D eigenvalue weighted by molar-refractivity contribution is -0.120. The summed E-state index contributed by atoms with van der Waals surface area (Å²) in [7, 11) is -3.79. The van der Waals surface area contributed by atoms with E-state index in [4.69, 9.17) is 16.3 Å². The highest BCUT2D eigenvalue weighted by Gasteiger charge is 2.34. The van der Waals surface area contributed by atoms with E-state index in [0.717, 1.165) is 5.56 Å². The number of nitrogens with zero attached hydrogens (tertiary/aromatic N) is 1. The molecule has 0 bridgehead atoms. The number of carbonyl (C=O) groups excluding carboxylic acids is 2. The fourth-order valence-electron chi connectivity index (χ4n) is 4.42. The summed E-state index contributed by atoms with van der Waals surface area (Å²) in [4.78, 5) is 26.5. The molecule has 1 amide bonds. The number of anilines is 1. The first-order chi connectivity index (χ1) is 17.7. The fraction of sp³-hybridized carbons (Fsp3) is 0.286. The van der Waals surface area contributed by atoms with Gasteiger partial charge in [-0.1, -0.05) is 41.9 Å². The molecule has 9 heteroatoms. The van der Waals surface area contributed by atoms with E-state index in [2.05, 4.69) is 5.32 Å². The number of amides is 1. The zero-order chi connectivity index (χ0) is 26.6. The Kier molecular flexibility index (Phi) is 8.32. The summed E-state index contributed by atoms with van der Waals surface area (Å²) < 4.78 is 33.6. The predicted octanol–water partition coefficient (Wildman–Crippen LogP) is 5.32. The molecule has 0 saturated carbocycles. The van der Waals surface area contributed by atoms with E-state index in [9.17, 15) is 18.0 Å². The van der Waals surface area contributed by atoms with E-state index in [1.54, 1.807) is 55.5 Å². The summed E-state index contributed by atoms with van der Waals surface area (Å²) in [5, 5.41) is 3.22. The number of sulfonamides is 1. The molecule has 1 N–H and O–H groups in total. The number of hydrogen-bond donors (Lipinski definition) is 1. The third-order valence-corrected chi connectivity index (χ3v) is 8.46. The number of carbonyl (C=O) groups is 2. The van der Waals surface area contributed by atoms with Gasteiger partial charge in [-0.15, -0.1) is 0 Å². The molecule has 1 fully saturated rings. The van der Waals surface area contributed by atoms with E-state index in [-0.39, 0.29) is 28.7 Å². The van der Waals surface area contributed by atoms with Crippen molar-refractivity contribution in [3.05, 3.63) is 88.4 Å². The van der Waals surface area contributed by atoms with Crippen LogP contribution in [0.15, 0.2) is 71.6 Å². The van der Waals surface area contributed by atoms with Crippen molar-refractivity contribution in [3.63, 3.8) is 0 Å². The molecule has 1 aliphatic heterocycles. The standard InChI is InChI=1S/C28H29ClN2O5S/c1-3-36-26-14-12-23(16-19(26)2)37(34,35)31-15-7-10-21(18-31)28(33)30-25-13-11-22(29)17-24(25)27(32)20-8-5-4-6-9-20/h4-6,8-9,11-14,16-17,21H,3,7,10,15,18H2,1-2H3,(H,30,33)/t21-/m1/s1. The quantitative estimate of drug-likeness (QED) is 0.390. The second-order valence-electron chi connectivity index (χ2n) is 8.94. The van der Waals surface area contributed by atoms with Crippen LogP contribution in [-0.2, 0) is 14.8 Å². The zero-order valence-corrected chi connectivity index (χ0v) is 22.3. The van der Waals surface area contributed by atoms with Crippen molar-refractivity contribution in [1.29, 1.82) is 0 Å². The Hall–Kier alpha value is -3.20. The Labute approximate surface area is 222 Å². The van der Waals surface area contributed by atoms with Gasteiger partial charge in [-0.05, 0) is 68.7 Å². The molecule has 0 radical (unpaired) electrons. The summed E-state index contributed by atoms with van der Waals surface area (Å²) in [6.07, 6.45) is 1.08. The first-order valence-corrected chi connectivity index (χ1v) is 14.0. The highest BCUT2D eigenvalue weighted by atomic mass is 35.5. The zero-order valence-electron chi connectivity index (χ0n) is 20.7. The van der Waals surface area contributed by atoms with Crippen LogP contribution in [0.5, 0.6) is 5.75 Å². The minimum atomic E-state index is -3.79. The minimum absolute atomic E-state index is 0.0516. The van der Waals surface area contributed by atoms with Crippen molar-refractivity contribution in [2.24, 2.45) is 5.92 Å². The molecule has 37 heavy (non-hydrogen) atoms. The maximum Gasteiger partial charge on any atom is 0.243 e. The van der Waals surface area contributed by atoms with Crippen LogP contribution in [0.25, 0.3) is 0 Å². The number of ketones is 1. The average molecular weight is 541 g/mol. The summed E-state index contributed by atoms with van der Waals surface area (Å²) in [5.41, 5.74) is 1.82. The third-order valence-electron chi connectivity index (χ3n) is 6.36. The van der Waals surface area contributed by atoms with Crippen molar-refractivity contribution in [3.8, 4) is 5.75 Å². The minimum Gasteiger partial charge on any atom is -0.494 e. The number of hydrogen-bond acceptors (Lipinski definition) is 5. The van der Waals surface area contributed by atoms with E-state index in [1.165, 1.54) is 16.4 Å². The van der Waals surface area contributed by atoms with E-state index in [1.807, 2.05) is 13.0 Å². The number of rotatable bonds is 8. The van der Waals surface area contributed by atoms with Gasteiger partial charge in [0.15, 0.2) is 5.78 Å². The molecule has 1 saturated heterocycles. The SMILES string of the molecule is CCOc1ccc(S(=O)(=O)N2CCC[C@@H](C(=O)Nc3ccc(Cl)cc3C(=O)c3ccccc3)C2)cc1C. The monoisotopic (exact) mass is 540 g/mol. The largest absolute Gasteiger partial charge is 0.494 e. The molecule has 4 rings (SSSR count). The Morgan fingerprint density at radius 2 is 1.84 bits per heavy atom. The van der Waals surface area contributed by atoms with Gasteiger partial charge in [0.2, 0.25) is 15.9 Å². The van der Waals surface area contributed by atoms with Crippen LogP contribution in [0.2, 0.25) is 5.02 Å². The highest BCUT2D eigenvalue weighted by Crippen LogP contribution is 2.29. The van der Waals surface area contributed by atoms with Crippen LogP contribution in [0, 0.1) is 12.8 Å². The smallest absolute Gasteiger partial charge is 0.243 e. The maximum absolute atomic E-state index is 13.4. The van der Waals surface area contributed by atoms with Gasteiger partial charge in [-0.3, -0.25) is 9.59 Å². The first kappa shape index (κ1) is 26.9. The van der Waals surface area contributed by atoms with Crippen molar-refractivity contribution in [2.75, 3.05) is 25.0 Å². The Morgan fingerprint density at radius 3 is 2.54 bits per heavy atom. The Morgan fingerprint density at radius 1 is 1.08 bits per heavy atom. The van der Waals surface area contributed by atoms with E-state index in [0.29, 0.717) is 48.0 Å². The van der Waals surface area contributed by atoms with Gasteiger partial charge >= 0.3 is 0 Å². The molecule has 0 spiro atoms. The van der Waals surface area contributed by atoms with Crippen molar-refractivity contribution < 1.29 is 22.7 Å². The molecule has 1 heterocycles. The number of nitrogens with one attached hydrogen (secondary N) is 1. The van der Waals surface area contributed by atoms with Gasteiger partial charge in [0.1, 0.15) is 5.75 Å². The van der Waals surface area contributed by atoms with Crippen molar-refractivity contribution in [1.82, 2.24) is 4.31 Å². The summed E-state index contributed by atoms with van der Waals surface area (Å²) >= 11 is 6.15. The molecule has 1 atom stereocenters. The normalized spacial score (nSPS) is 16.2. The van der Waals surface area contributed by atoms with Crippen LogP contribution in [-0.4, -0.2) is 44.1 Å². The van der Waals surface area contributed by atoms with Gasteiger partial charge in [-0.25, -0.2) is 8.42 Å². The Balaban J connectivity index is 1.52. The van der Waals surface area contributed by atoms with Crippen LogP contribution >= 0.6 is 11.6 Å². The van der Waals surface area contributed by atoms with Crippen LogP contribution in [0.3, 0.4) is 0 Å². The maximum atomic E-state index is 13.4. The van der Waals surface area contributed by atoms with E-state index >= 15 is 0 Å². The van der Waals surface area contributed by atoms with Crippen LogP contribution < -0.4 is 10.1 Å². The van der Waals surface area contributed by atoms with Gasteiger partial charge in [0.25, 0.3) is 0 Å². The lowest BCUT2D eigenvalue weighted by Crippen LogP contribution is -2.43. The molecule has 7 nitrogen and oxygen atoms in total. The number of piperidine rings is 1. The number of ether oxygens (including phenoxy) is 1. The van der Waals surface area contributed by atoms with E-state index < -0.39 is 15.9 Å². The lowest BCUT2D eigenvalue weighted by atomic mass is 9.97. The van der Waals surface area contributed by atoms with Gasteiger partial charge in [0.05, 0.1) is 23.1 Å². The van der Waals surface area contributed by atoms with Gasteiger partial charge in [-0.2, -0.15) is 4.31 Å². The number of benzene rings is 3. The fourth-order valence-corrected chi connectivity index (χ4v) is 6.20. The highest BCUT2D eigenvalue weighted by molar-refractivity contribution is 7.89. The molecule has 194 valence electrons. The molecule has 3 aromatic carbocycles. The summed E-state index contributed by atoms with van der Waals surface area (Å²) in [6, 6.07) is 18.2. The summed E-state index contributed by atoms with van der Waals surface area (Å²) in [6.45, 7) is 4.54. The lowest BCUT2D eigenvalue weighted by Gasteiger charge is -2.31. The topological polar surface area (TPSA) is 92.8 Å². The molecular weight excluding hydrogens is 512 g/mol. The molecule has 3 aromatic rings. The molecule has 1 aliphatic rings. The Bertz CT molecular complexity index is 1410. The molecular formula is C28H29ClN2O5S. The van der Waals surface area contributed by atoms with Gasteiger partial charge in [0, 0.05) is 29.2 Å². The number of halogens is 1. The molecule has 0 aliphatic carbocycles. The summed E-state index contributed by atoms with van der Waals surface area (Å²) in [5.74, 6) is -0.534.